The minimum atomic E-state index is -0.520. The topological polar surface area (TPSA) is 90.7 Å². The number of aromatic nitrogens is 2. The molecule has 8 nitrogen and oxygen atoms in total. The summed E-state index contributed by atoms with van der Waals surface area (Å²) in [6, 6.07) is 6.34. The number of amides is 1. The number of piperidine rings is 1. The van der Waals surface area contributed by atoms with Crippen molar-refractivity contribution in [3.8, 4) is 11.4 Å². The predicted molar refractivity (Wildman–Crippen MR) is 102 cm³/mol. The lowest BCUT2D eigenvalue weighted by Crippen LogP contribution is -2.43. The third kappa shape index (κ3) is 4.44. The van der Waals surface area contributed by atoms with Gasteiger partial charge in [0.1, 0.15) is 5.82 Å². The van der Waals surface area contributed by atoms with E-state index in [1.807, 2.05) is 0 Å². The molecule has 1 unspecified atom stereocenters. The van der Waals surface area contributed by atoms with Gasteiger partial charge in [-0.2, -0.15) is 9.78 Å². The molecule has 0 N–H and O–H groups in total. The Bertz CT molecular complexity index is 958. The van der Waals surface area contributed by atoms with Crippen LogP contribution in [-0.4, -0.2) is 53.4 Å². The molecule has 1 aliphatic heterocycles. The number of rotatable bonds is 5. The van der Waals surface area contributed by atoms with E-state index in [2.05, 4.69) is 5.10 Å². The third-order valence-electron chi connectivity index (χ3n) is 4.72. The average Bonchev–Trinajstić information content (AvgIpc) is 2.74. The van der Waals surface area contributed by atoms with Crippen molar-refractivity contribution < 1.29 is 23.5 Å². The number of benzene rings is 1. The number of ether oxygens (including phenoxy) is 2. The molecule has 29 heavy (non-hydrogen) atoms. The summed E-state index contributed by atoms with van der Waals surface area (Å²) < 4.78 is 24.5. The van der Waals surface area contributed by atoms with Crippen LogP contribution in [0, 0.1) is 11.7 Å². The van der Waals surface area contributed by atoms with E-state index in [9.17, 15) is 18.8 Å². The first-order valence-corrected chi connectivity index (χ1v) is 9.34. The number of esters is 1. The summed E-state index contributed by atoms with van der Waals surface area (Å²) in [5, 5.41) is 4.17. The molecule has 1 saturated heterocycles. The zero-order valence-electron chi connectivity index (χ0n) is 16.3. The average molecular weight is 403 g/mol. The number of likely N-dealkylation sites (tertiary alicyclic amines) is 1. The van der Waals surface area contributed by atoms with Crippen LogP contribution in [-0.2, 0) is 9.53 Å². The number of nitrogens with zero attached hydrogens (tertiary/aromatic N) is 3. The summed E-state index contributed by atoms with van der Waals surface area (Å²) in [7, 11) is 1.34. The third-order valence-corrected chi connectivity index (χ3v) is 4.72. The second-order valence-electron chi connectivity index (χ2n) is 6.63. The molecular weight excluding hydrogens is 381 g/mol. The van der Waals surface area contributed by atoms with Gasteiger partial charge in [-0.1, -0.05) is 0 Å². The van der Waals surface area contributed by atoms with Crippen LogP contribution in [0.25, 0.3) is 5.69 Å². The first kappa shape index (κ1) is 20.5. The van der Waals surface area contributed by atoms with Gasteiger partial charge in [-0.25, -0.2) is 4.39 Å². The standard InChI is InChI=1S/C20H22FN3O5/c1-3-29-20(27)13-5-4-10-23(12-13)19(26)18-16(28-2)11-17(25)24(22-18)15-8-6-14(21)7-9-15/h6-9,11,13H,3-5,10,12H2,1-2H3. The second kappa shape index (κ2) is 8.85. The molecule has 1 aliphatic rings. The monoisotopic (exact) mass is 403 g/mol. The first-order valence-electron chi connectivity index (χ1n) is 9.34. The van der Waals surface area contributed by atoms with Gasteiger partial charge in [-0.3, -0.25) is 14.4 Å². The lowest BCUT2D eigenvalue weighted by molar-refractivity contribution is -0.149. The number of hydrogen-bond acceptors (Lipinski definition) is 6. The Kier molecular flexibility index (Phi) is 6.26. The van der Waals surface area contributed by atoms with Gasteiger partial charge in [0.2, 0.25) is 0 Å². The van der Waals surface area contributed by atoms with Gasteiger partial charge in [-0.05, 0) is 44.0 Å². The highest BCUT2D eigenvalue weighted by Gasteiger charge is 2.32. The predicted octanol–water partition coefficient (Wildman–Crippen LogP) is 1.80. The number of halogens is 1. The van der Waals surface area contributed by atoms with Gasteiger partial charge in [0, 0.05) is 13.1 Å². The fraction of sp³-hybridized carbons (Fsp3) is 0.400. The van der Waals surface area contributed by atoms with E-state index < -0.39 is 23.2 Å². The molecule has 0 bridgehead atoms. The minimum Gasteiger partial charge on any atom is -0.494 e. The fourth-order valence-corrected chi connectivity index (χ4v) is 3.28. The lowest BCUT2D eigenvalue weighted by atomic mass is 9.98. The van der Waals surface area contributed by atoms with Crippen molar-refractivity contribution >= 4 is 11.9 Å². The van der Waals surface area contributed by atoms with E-state index in [-0.39, 0.29) is 30.6 Å². The van der Waals surface area contributed by atoms with Crippen LogP contribution >= 0.6 is 0 Å². The van der Waals surface area contributed by atoms with Crippen LogP contribution in [0.3, 0.4) is 0 Å². The van der Waals surface area contributed by atoms with Gasteiger partial charge in [-0.15, -0.1) is 0 Å². The van der Waals surface area contributed by atoms with Crippen LogP contribution in [0.5, 0.6) is 5.75 Å². The fourth-order valence-electron chi connectivity index (χ4n) is 3.28. The molecule has 9 heteroatoms. The zero-order chi connectivity index (χ0) is 21.0. The molecule has 1 atom stereocenters. The van der Waals surface area contributed by atoms with Gasteiger partial charge in [0.05, 0.1) is 31.4 Å². The Morgan fingerprint density at radius 1 is 1.28 bits per heavy atom. The van der Waals surface area contributed by atoms with Crippen LogP contribution < -0.4 is 10.3 Å². The van der Waals surface area contributed by atoms with Gasteiger partial charge >= 0.3 is 5.97 Å². The molecule has 2 heterocycles. The molecule has 1 aromatic heterocycles. The highest BCUT2D eigenvalue weighted by atomic mass is 19.1. The summed E-state index contributed by atoms with van der Waals surface area (Å²) in [5.74, 6) is -1.60. The highest BCUT2D eigenvalue weighted by Crippen LogP contribution is 2.22. The Morgan fingerprint density at radius 2 is 2.00 bits per heavy atom. The number of carbonyl (C=O) groups excluding carboxylic acids is 2. The Labute approximate surface area is 166 Å². The molecule has 3 rings (SSSR count). The molecular formula is C20H22FN3O5. The molecule has 2 aromatic rings. The molecule has 0 saturated carbocycles. The summed E-state index contributed by atoms with van der Waals surface area (Å²) >= 11 is 0. The molecule has 1 fully saturated rings. The summed E-state index contributed by atoms with van der Waals surface area (Å²) in [6.45, 7) is 2.67. The number of hydrogen-bond donors (Lipinski definition) is 0. The number of carbonyl (C=O) groups is 2. The molecule has 0 spiro atoms. The van der Waals surface area contributed by atoms with Crippen molar-refractivity contribution in [2.24, 2.45) is 5.92 Å². The van der Waals surface area contributed by atoms with Crippen LogP contribution in [0.4, 0.5) is 4.39 Å². The van der Waals surface area contributed by atoms with Crippen molar-refractivity contribution in [1.82, 2.24) is 14.7 Å². The van der Waals surface area contributed by atoms with E-state index >= 15 is 0 Å². The molecule has 154 valence electrons. The first-order chi connectivity index (χ1) is 13.9. The summed E-state index contributed by atoms with van der Waals surface area (Å²) in [6.07, 6.45) is 1.29. The SMILES string of the molecule is CCOC(=O)C1CCCN(C(=O)c2nn(-c3ccc(F)cc3)c(=O)cc2OC)C1. The zero-order valence-corrected chi connectivity index (χ0v) is 16.3. The maximum atomic E-state index is 13.2. The van der Waals surface area contributed by atoms with E-state index in [1.165, 1.54) is 36.3 Å². The maximum Gasteiger partial charge on any atom is 0.310 e. The van der Waals surface area contributed by atoms with Crippen LogP contribution in [0.15, 0.2) is 35.1 Å². The van der Waals surface area contributed by atoms with E-state index in [0.29, 0.717) is 25.1 Å². The normalized spacial score (nSPS) is 16.4. The lowest BCUT2D eigenvalue weighted by Gasteiger charge is -2.31. The molecule has 0 radical (unpaired) electrons. The molecule has 0 aliphatic carbocycles. The minimum absolute atomic E-state index is 0.0385. The van der Waals surface area contributed by atoms with Crippen molar-refractivity contribution in [2.75, 3.05) is 26.8 Å². The summed E-state index contributed by atoms with van der Waals surface area (Å²) in [5.41, 5.74) is -0.259. The van der Waals surface area contributed by atoms with Crippen molar-refractivity contribution in [3.63, 3.8) is 0 Å². The van der Waals surface area contributed by atoms with Gasteiger partial charge in [0.15, 0.2) is 11.4 Å². The molecule has 1 amide bonds. The van der Waals surface area contributed by atoms with Crippen molar-refractivity contribution in [1.29, 1.82) is 0 Å². The number of methoxy groups -OCH3 is 1. The van der Waals surface area contributed by atoms with Gasteiger partial charge < -0.3 is 14.4 Å². The maximum absolute atomic E-state index is 13.2. The van der Waals surface area contributed by atoms with Crippen LogP contribution in [0.1, 0.15) is 30.3 Å². The van der Waals surface area contributed by atoms with Crippen molar-refractivity contribution in [2.45, 2.75) is 19.8 Å². The van der Waals surface area contributed by atoms with Crippen LogP contribution in [0.2, 0.25) is 0 Å². The largest absolute Gasteiger partial charge is 0.494 e. The molecule has 1 aromatic carbocycles. The van der Waals surface area contributed by atoms with Gasteiger partial charge in [0.25, 0.3) is 11.5 Å². The highest BCUT2D eigenvalue weighted by molar-refractivity contribution is 5.95. The Balaban J connectivity index is 1.93. The van der Waals surface area contributed by atoms with Crippen molar-refractivity contribution in [3.05, 3.63) is 52.2 Å². The smallest absolute Gasteiger partial charge is 0.310 e. The Morgan fingerprint density at radius 3 is 2.66 bits per heavy atom. The Hall–Kier alpha value is -3.23. The van der Waals surface area contributed by atoms with E-state index in [0.717, 1.165) is 10.7 Å². The quantitative estimate of drug-likeness (QED) is 0.707. The summed E-state index contributed by atoms with van der Waals surface area (Å²) in [4.78, 5) is 39.1. The van der Waals surface area contributed by atoms with E-state index in [1.54, 1.807) is 6.92 Å². The second-order valence-corrected chi connectivity index (χ2v) is 6.63. The van der Waals surface area contributed by atoms with E-state index in [4.69, 9.17) is 9.47 Å².